The first-order chi connectivity index (χ1) is 7.97. The average Bonchev–Trinajstić information content (AvgIpc) is 2.67. The molecule has 0 aliphatic heterocycles. The Labute approximate surface area is 112 Å². The molecule has 0 saturated heterocycles. The van der Waals surface area contributed by atoms with E-state index in [9.17, 15) is 0 Å². The molecule has 3 N–H and O–H groups in total. The summed E-state index contributed by atoms with van der Waals surface area (Å²) >= 11 is 4.87. The molecule has 0 saturated carbocycles. The predicted molar refractivity (Wildman–Crippen MR) is 72.9 cm³/mol. The fourth-order valence-corrected chi connectivity index (χ4v) is 2.48. The number of nitrogens with one attached hydrogen (secondary N) is 1. The number of rotatable bonds is 3. The highest BCUT2D eigenvalue weighted by Gasteiger charge is 2.24. The zero-order chi connectivity index (χ0) is 12.5. The summed E-state index contributed by atoms with van der Waals surface area (Å²) in [5.74, 6) is 0.904. The topological polar surface area (TPSA) is 76.7 Å². The van der Waals surface area contributed by atoms with Gasteiger partial charge in [0.15, 0.2) is 0 Å². The van der Waals surface area contributed by atoms with Crippen molar-refractivity contribution in [1.29, 1.82) is 0 Å². The molecule has 2 aromatic rings. The summed E-state index contributed by atoms with van der Waals surface area (Å²) in [7, 11) is 0. The van der Waals surface area contributed by atoms with Crippen LogP contribution >= 0.6 is 27.3 Å². The molecule has 17 heavy (non-hydrogen) atoms. The Balaban J connectivity index is 2.26. The molecule has 2 aromatic heterocycles. The van der Waals surface area contributed by atoms with Gasteiger partial charge in [-0.25, -0.2) is 9.97 Å². The smallest absolute Gasteiger partial charge is 0.226 e. The van der Waals surface area contributed by atoms with Crippen LogP contribution in [0.15, 0.2) is 22.2 Å². The molecule has 2 rings (SSSR count). The van der Waals surface area contributed by atoms with Crippen molar-refractivity contribution in [2.45, 2.75) is 19.4 Å². The van der Waals surface area contributed by atoms with Gasteiger partial charge in [0.1, 0.15) is 15.4 Å². The van der Waals surface area contributed by atoms with Gasteiger partial charge in [0, 0.05) is 17.6 Å². The van der Waals surface area contributed by atoms with Crippen molar-refractivity contribution in [2.24, 2.45) is 0 Å². The largest absolute Gasteiger partial charge is 0.383 e. The van der Waals surface area contributed by atoms with Crippen LogP contribution in [-0.2, 0) is 5.54 Å². The van der Waals surface area contributed by atoms with Gasteiger partial charge < -0.3 is 11.1 Å². The quantitative estimate of drug-likeness (QED) is 0.852. The number of nitrogen functional groups attached to an aromatic ring is 1. The molecular weight excluding hydrogens is 302 g/mol. The van der Waals surface area contributed by atoms with Gasteiger partial charge >= 0.3 is 0 Å². The van der Waals surface area contributed by atoms with Gasteiger partial charge in [-0.1, -0.05) is 0 Å². The highest BCUT2D eigenvalue weighted by molar-refractivity contribution is 9.10. The van der Waals surface area contributed by atoms with Crippen LogP contribution in [0.1, 0.15) is 18.9 Å². The van der Waals surface area contributed by atoms with E-state index < -0.39 is 0 Å². The summed E-state index contributed by atoms with van der Waals surface area (Å²) in [6, 6.07) is 1.65. The molecule has 90 valence electrons. The van der Waals surface area contributed by atoms with E-state index in [2.05, 4.69) is 36.2 Å². The zero-order valence-corrected chi connectivity index (χ0v) is 11.8. The van der Waals surface area contributed by atoms with Crippen LogP contribution in [0, 0.1) is 0 Å². The van der Waals surface area contributed by atoms with Crippen molar-refractivity contribution in [2.75, 3.05) is 11.1 Å². The standard InChI is InChI=1S/C10H12BrN5S/c1-10(2,8-13-3-4-17-8)16-9-14-6(11)5-7(12)15-9/h3-5H,1-2H3,(H3,12,14,15,16). The summed E-state index contributed by atoms with van der Waals surface area (Å²) in [4.78, 5) is 12.6. The second-order valence-corrected chi connectivity index (χ2v) is 5.73. The van der Waals surface area contributed by atoms with Gasteiger partial charge in [-0.05, 0) is 29.8 Å². The Morgan fingerprint density at radius 3 is 2.76 bits per heavy atom. The molecule has 2 heterocycles. The minimum Gasteiger partial charge on any atom is -0.383 e. The first-order valence-electron chi connectivity index (χ1n) is 4.95. The number of aromatic nitrogens is 3. The van der Waals surface area contributed by atoms with Crippen LogP contribution in [-0.4, -0.2) is 15.0 Å². The van der Waals surface area contributed by atoms with Crippen molar-refractivity contribution in [3.05, 3.63) is 27.3 Å². The number of hydrogen-bond acceptors (Lipinski definition) is 6. The molecule has 7 heteroatoms. The van der Waals surface area contributed by atoms with E-state index >= 15 is 0 Å². The molecule has 0 bridgehead atoms. The number of halogens is 1. The Morgan fingerprint density at radius 1 is 1.41 bits per heavy atom. The second kappa shape index (κ2) is 4.58. The lowest BCUT2D eigenvalue weighted by Crippen LogP contribution is -2.29. The van der Waals surface area contributed by atoms with E-state index in [-0.39, 0.29) is 5.54 Å². The maximum absolute atomic E-state index is 5.66. The van der Waals surface area contributed by atoms with Crippen molar-refractivity contribution in [3.63, 3.8) is 0 Å². The highest BCUT2D eigenvalue weighted by Crippen LogP contribution is 2.26. The number of hydrogen-bond donors (Lipinski definition) is 2. The van der Waals surface area contributed by atoms with Gasteiger partial charge in [-0.15, -0.1) is 11.3 Å². The summed E-state index contributed by atoms with van der Waals surface area (Å²) < 4.78 is 0.655. The summed E-state index contributed by atoms with van der Waals surface area (Å²) in [6.07, 6.45) is 1.78. The molecule has 0 amide bonds. The first kappa shape index (κ1) is 12.3. The highest BCUT2D eigenvalue weighted by atomic mass is 79.9. The Morgan fingerprint density at radius 2 is 2.18 bits per heavy atom. The maximum atomic E-state index is 5.66. The Hall–Kier alpha value is -1.21. The molecule has 0 fully saturated rings. The first-order valence-corrected chi connectivity index (χ1v) is 6.63. The number of thiazole rings is 1. The SMILES string of the molecule is CC(C)(Nc1nc(N)cc(Br)n1)c1nccs1. The number of nitrogens with zero attached hydrogens (tertiary/aromatic N) is 3. The lowest BCUT2D eigenvalue weighted by atomic mass is 10.1. The number of nitrogens with two attached hydrogens (primary N) is 1. The zero-order valence-electron chi connectivity index (χ0n) is 9.44. The van der Waals surface area contributed by atoms with Gasteiger partial charge in [0.25, 0.3) is 0 Å². The van der Waals surface area contributed by atoms with E-state index in [0.717, 1.165) is 5.01 Å². The molecule has 0 radical (unpaired) electrons. The van der Waals surface area contributed by atoms with E-state index in [4.69, 9.17) is 5.73 Å². The third-order valence-electron chi connectivity index (χ3n) is 2.11. The van der Waals surface area contributed by atoms with Crippen molar-refractivity contribution in [1.82, 2.24) is 15.0 Å². The summed E-state index contributed by atoms with van der Waals surface area (Å²) in [6.45, 7) is 4.04. The van der Waals surface area contributed by atoms with Gasteiger partial charge in [-0.2, -0.15) is 4.98 Å². The van der Waals surface area contributed by atoms with Crippen LogP contribution in [0.5, 0.6) is 0 Å². The fraction of sp³-hybridized carbons (Fsp3) is 0.300. The molecule has 5 nitrogen and oxygen atoms in total. The van der Waals surface area contributed by atoms with Crippen molar-refractivity contribution in [3.8, 4) is 0 Å². The van der Waals surface area contributed by atoms with Crippen LogP contribution in [0.4, 0.5) is 11.8 Å². The van der Waals surface area contributed by atoms with E-state index in [0.29, 0.717) is 16.4 Å². The fourth-order valence-electron chi connectivity index (χ4n) is 1.36. The maximum Gasteiger partial charge on any atom is 0.226 e. The molecular formula is C10H12BrN5S. The minimum absolute atomic E-state index is 0.332. The second-order valence-electron chi connectivity index (χ2n) is 4.03. The van der Waals surface area contributed by atoms with Gasteiger partial charge in [0.2, 0.25) is 5.95 Å². The van der Waals surface area contributed by atoms with Crippen LogP contribution in [0.25, 0.3) is 0 Å². The van der Waals surface area contributed by atoms with Crippen molar-refractivity contribution < 1.29 is 0 Å². The average molecular weight is 314 g/mol. The molecule has 0 spiro atoms. The minimum atomic E-state index is -0.332. The lowest BCUT2D eigenvalue weighted by molar-refractivity contribution is 0.597. The van der Waals surface area contributed by atoms with Crippen LogP contribution < -0.4 is 11.1 Å². The molecule has 0 aliphatic rings. The van der Waals surface area contributed by atoms with Crippen LogP contribution in [0.3, 0.4) is 0 Å². The third kappa shape index (κ3) is 2.92. The molecule has 0 aliphatic carbocycles. The third-order valence-corrected chi connectivity index (χ3v) is 3.61. The normalized spacial score (nSPS) is 11.5. The van der Waals surface area contributed by atoms with E-state index in [1.165, 1.54) is 0 Å². The van der Waals surface area contributed by atoms with Gasteiger partial charge in [0.05, 0.1) is 5.54 Å². The molecule has 0 unspecified atom stereocenters. The summed E-state index contributed by atoms with van der Waals surface area (Å²) in [5.41, 5.74) is 5.33. The monoisotopic (exact) mass is 313 g/mol. The molecule has 0 aromatic carbocycles. The predicted octanol–water partition coefficient (Wildman–Crippen LogP) is 2.62. The lowest BCUT2D eigenvalue weighted by Gasteiger charge is -2.23. The van der Waals surface area contributed by atoms with Crippen LogP contribution in [0.2, 0.25) is 0 Å². The number of anilines is 2. The van der Waals surface area contributed by atoms with Gasteiger partial charge in [-0.3, -0.25) is 0 Å². The Bertz CT molecular complexity index is 491. The van der Waals surface area contributed by atoms with E-state index in [1.54, 1.807) is 23.6 Å². The Kier molecular flexibility index (Phi) is 3.30. The molecule has 0 atom stereocenters. The van der Waals surface area contributed by atoms with E-state index in [1.807, 2.05) is 19.2 Å². The summed E-state index contributed by atoms with van der Waals surface area (Å²) in [5, 5.41) is 6.13. The van der Waals surface area contributed by atoms with Crippen molar-refractivity contribution >= 4 is 39.0 Å².